The van der Waals surface area contributed by atoms with Crippen LogP contribution >= 0.6 is 0 Å². The van der Waals surface area contributed by atoms with Crippen molar-refractivity contribution < 1.29 is 0 Å². The van der Waals surface area contributed by atoms with E-state index in [0.29, 0.717) is 0 Å². The van der Waals surface area contributed by atoms with Gasteiger partial charge in [-0.05, 0) is 22.4 Å². The van der Waals surface area contributed by atoms with Gasteiger partial charge in [0.1, 0.15) is 0 Å². The van der Waals surface area contributed by atoms with Crippen LogP contribution in [-0.2, 0) is 0 Å². The zero-order chi connectivity index (χ0) is 13.0. The number of allylic oxidation sites excluding steroid dienone is 6. The van der Waals surface area contributed by atoms with Crippen molar-refractivity contribution in [3.8, 4) is 0 Å². The van der Waals surface area contributed by atoms with Gasteiger partial charge in [-0.2, -0.15) is 0 Å². The van der Waals surface area contributed by atoms with Crippen LogP contribution in [0.15, 0.2) is 58.2 Å². The predicted octanol–water partition coefficient (Wildman–Crippen LogP) is 5.10. The van der Waals surface area contributed by atoms with Crippen LogP contribution in [0.1, 0.15) is 27.2 Å². The van der Waals surface area contributed by atoms with Gasteiger partial charge in [0.05, 0.1) is 8.07 Å². The molecule has 0 saturated heterocycles. The first-order valence-corrected chi connectivity index (χ1v) is 9.67. The third-order valence-corrected chi connectivity index (χ3v) is 9.89. The van der Waals surface area contributed by atoms with Crippen molar-refractivity contribution in [3.05, 3.63) is 58.2 Å². The van der Waals surface area contributed by atoms with E-state index in [-0.39, 0.29) is 0 Å². The lowest BCUT2D eigenvalue weighted by molar-refractivity contribution is 1.18. The van der Waals surface area contributed by atoms with Crippen molar-refractivity contribution in [3.63, 3.8) is 0 Å². The summed E-state index contributed by atoms with van der Waals surface area (Å²) in [4.78, 5) is 0. The third-order valence-electron chi connectivity index (χ3n) is 4.39. The molecule has 0 bridgehead atoms. The second-order valence-corrected chi connectivity index (χ2v) is 10.3. The third kappa shape index (κ3) is 2.44. The minimum Gasteiger partial charge on any atom is -0.118 e. The van der Waals surface area contributed by atoms with Crippen LogP contribution in [0, 0.1) is 0 Å². The second kappa shape index (κ2) is 5.59. The molecule has 0 atom stereocenters. The van der Waals surface area contributed by atoms with Crippen LogP contribution in [0.2, 0.25) is 18.1 Å². The average molecular weight is 254 g/mol. The maximum Gasteiger partial charge on any atom is 0.0958 e. The number of hydrogen-bond acceptors (Lipinski definition) is 0. The van der Waals surface area contributed by atoms with E-state index in [2.05, 4.69) is 56.5 Å². The monoisotopic (exact) mass is 254 g/mol. The number of rotatable bonds is 6. The average Bonchev–Trinajstić information content (AvgIpc) is 3.05. The molecule has 0 fully saturated rings. The molecule has 18 heavy (non-hydrogen) atoms. The van der Waals surface area contributed by atoms with Crippen molar-refractivity contribution >= 4 is 8.07 Å². The van der Waals surface area contributed by atoms with Crippen molar-refractivity contribution in [2.45, 2.75) is 45.3 Å². The summed E-state index contributed by atoms with van der Waals surface area (Å²) in [6, 6.07) is 4.01. The Kier molecular flexibility index (Phi) is 4.09. The van der Waals surface area contributed by atoms with Gasteiger partial charge in [0.2, 0.25) is 0 Å². The van der Waals surface area contributed by atoms with E-state index < -0.39 is 8.07 Å². The molecule has 1 heteroatoms. The molecule has 0 unspecified atom stereocenters. The van der Waals surface area contributed by atoms with E-state index in [9.17, 15) is 0 Å². The van der Waals surface area contributed by atoms with Gasteiger partial charge < -0.3 is 0 Å². The normalized spacial score (nSPS) is 17.2. The highest BCUT2D eigenvalue weighted by atomic mass is 28.3. The summed E-state index contributed by atoms with van der Waals surface area (Å²) in [7, 11) is -1.24. The Labute approximate surface area is 112 Å². The Morgan fingerprint density at radius 2 is 1.67 bits per heavy atom. The van der Waals surface area contributed by atoms with Crippen LogP contribution in [0.25, 0.3) is 0 Å². The molecule has 0 nitrogen and oxygen atoms in total. The summed E-state index contributed by atoms with van der Waals surface area (Å²) in [6.07, 6.45) is 11.8. The maximum absolute atomic E-state index is 3.69. The van der Waals surface area contributed by atoms with Gasteiger partial charge in [0, 0.05) is 6.42 Å². The van der Waals surface area contributed by atoms with Crippen LogP contribution in [0.5, 0.6) is 0 Å². The molecule has 2 rings (SSSR count). The molecule has 94 valence electrons. The lowest BCUT2D eigenvalue weighted by Gasteiger charge is -2.27. The molecule has 0 amide bonds. The van der Waals surface area contributed by atoms with Gasteiger partial charge in [0.15, 0.2) is 0 Å². The van der Waals surface area contributed by atoms with E-state index in [4.69, 9.17) is 0 Å². The molecule has 0 spiro atoms. The Morgan fingerprint density at radius 1 is 0.944 bits per heavy atom. The lowest BCUT2D eigenvalue weighted by atomic mass is 10.1. The summed E-state index contributed by atoms with van der Waals surface area (Å²) >= 11 is 0. The summed E-state index contributed by atoms with van der Waals surface area (Å²) in [5, 5.41) is 1.54. The van der Waals surface area contributed by atoms with Gasteiger partial charge in [-0.3, -0.25) is 0 Å². The molecule has 0 aromatic carbocycles. The molecule has 0 aromatic rings. The largest absolute Gasteiger partial charge is 0.118 e. The fourth-order valence-corrected chi connectivity index (χ4v) is 6.36. The van der Waals surface area contributed by atoms with E-state index in [1.54, 1.807) is 0 Å². The van der Waals surface area contributed by atoms with E-state index >= 15 is 0 Å². The zero-order valence-electron chi connectivity index (χ0n) is 11.7. The van der Waals surface area contributed by atoms with Crippen LogP contribution < -0.4 is 0 Å². The quantitative estimate of drug-likeness (QED) is 0.457. The number of hydrogen-bond donors (Lipinski definition) is 0. The van der Waals surface area contributed by atoms with Crippen molar-refractivity contribution in [2.24, 2.45) is 0 Å². The molecule has 0 saturated carbocycles. The van der Waals surface area contributed by atoms with Crippen molar-refractivity contribution in [1.82, 2.24) is 0 Å². The van der Waals surface area contributed by atoms with Gasteiger partial charge >= 0.3 is 0 Å². The van der Waals surface area contributed by atoms with E-state index in [1.807, 2.05) is 6.08 Å². The SMILES string of the molecule is CC[Si](CC)(CC)C1=C=C(CC2=C=CC=C2)C=C1. The smallest absolute Gasteiger partial charge is 0.0958 e. The Hall–Kier alpha value is -1.26. The Bertz CT molecular complexity index is 504. The summed E-state index contributed by atoms with van der Waals surface area (Å²) < 4.78 is 0. The molecular weight excluding hydrogens is 232 g/mol. The molecule has 0 aromatic heterocycles. The highest BCUT2D eigenvalue weighted by Gasteiger charge is 2.31. The Morgan fingerprint density at radius 3 is 2.22 bits per heavy atom. The molecule has 0 heterocycles. The highest BCUT2D eigenvalue weighted by molar-refractivity contribution is 6.87. The van der Waals surface area contributed by atoms with Gasteiger partial charge in [0.25, 0.3) is 0 Å². The second-order valence-electron chi connectivity index (χ2n) is 5.11. The molecular formula is C17H22Si. The summed E-state index contributed by atoms with van der Waals surface area (Å²) in [5.74, 6) is 0. The molecule has 0 radical (unpaired) electrons. The fraction of sp³-hybridized carbons (Fsp3) is 0.412. The Balaban J connectivity index is 2.25. The molecule has 2 aliphatic carbocycles. The standard InChI is InChI=1S/C17H22Si/c1-4-18(5-2,6-3)17-12-11-16(14-17)13-15-9-7-8-10-15/h7-9,11-12H,4-6,13H2,1-3H3. The first-order chi connectivity index (χ1) is 8.74. The molecule has 2 aliphatic rings. The molecule has 0 N–H and O–H groups in total. The maximum atomic E-state index is 3.69. The van der Waals surface area contributed by atoms with Crippen molar-refractivity contribution in [2.75, 3.05) is 0 Å². The minimum absolute atomic E-state index is 0.981. The van der Waals surface area contributed by atoms with Gasteiger partial charge in [-0.15, -0.1) is 11.5 Å². The van der Waals surface area contributed by atoms with Crippen LogP contribution in [0.3, 0.4) is 0 Å². The zero-order valence-corrected chi connectivity index (χ0v) is 12.7. The van der Waals surface area contributed by atoms with Gasteiger partial charge in [-0.25, -0.2) is 0 Å². The molecule has 0 aliphatic heterocycles. The van der Waals surface area contributed by atoms with Crippen LogP contribution in [-0.4, -0.2) is 8.07 Å². The van der Waals surface area contributed by atoms with E-state index in [1.165, 1.54) is 34.5 Å². The first kappa shape index (κ1) is 13.2. The fourth-order valence-electron chi connectivity index (χ4n) is 2.86. The van der Waals surface area contributed by atoms with Crippen LogP contribution in [0.4, 0.5) is 0 Å². The minimum atomic E-state index is -1.24. The summed E-state index contributed by atoms with van der Waals surface area (Å²) in [5.41, 5.74) is 9.56. The summed E-state index contributed by atoms with van der Waals surface area (Å²) in [6.45, 7) is 7.06. The van der Waals surface area contributed by atoms with E-state index in [0.717, 1.165) is 6.42 Å². The van der Waals surface area contributed by atoms with Gasteiger partial charge in [-0.1, -0.05) is 63.2 Å². The van der Waals surface area contributed by atoms with Crippen molar-refractivity contribution in [1.29, 1.82) is 0 Å². The lowest BCUT2D eigenvalue weighted by Crippen LogP contribution is -2.33. The predicted molar refractivity (Wildman–Crippen MR) is 82.2 cm³/mol. The first-order valence-electron chi connectivity index (χ1n) is 7.04. The topological polar surface area (TPSA) is 0 Å². The highest BCUT2D eigenvalue weighted by Crippen LogP contribution is 2.32.